The van der Waals surface area contributed by atoms with Crippen LogP contribution >= 0.6 is 0 Å². The van der Waals surface area contributed by atoms with Gasteiger partial charge in [0.25, 0.3) is 0 Å². The molecule has 6 aromatic rings. The van der Waals surface area contributed by atoms with Crippen molar-refractivity contribution in [3.63, 3.8) is 0 Å². The Balaban J connectivity index is 1.31. The van der Waals surface area contributed by atoms with E-state index in [0.29, 0.717) is 45.7 Å². The maximum absolute atomic E-state index is 16.0. The molecular weight excluding hydrogens is 595 g/mol. The molecule has 1 atom stereocenters. The van der Waals surface area contributed by atoms with Crippen LogP contribution in [0.4, 0.5) is 13.2 Å². The van der Waals surface area contributed by atoms with Crippen LogP contribution in [0.2, 0.25) is 0 Å². The molecule has 7 rings (SSSR count). The molecule has 0 radical (unpaired) electrons. The number of carbonyl (C=O) groups is 1. The normalized spacial score (nSPS) is 14.5. The van der Waals surface area contributed by atoms with Gasteiger partial charge in [0.1, 0.15) is 28.9 Å². The zero-order chi connectivity index (χ0) is 32.3. The quantitative estimate of drug-likeness (QED) is 0.203. The Hall–Kier alpha value is -5.47. The molecule has 1 aliphatic heterocycles. The average Bonchev–Trinajstić information content (AvgIpc) is 3.57. The lowest BCUT2D eigenvalue weighted by molar-refractivity contribution is -0.0584. The van der Waals surface area contributed by atoms with Gasteiger partial charge in [-0.3, -0.25) is 0 Å². The van der Waals surface area contributed by atoms with Gasteiger partial charge in [0.15, 0.2) is 0 Å². The molecule has 0 saturated carbocycles. The Bertz CT molecular complexity index is 2240. The maximum atomic E-state index is 16.0. The number of halogens is 3. The van der Waals surface area contributed by atoms with E-state index in [2.05, 4.69) is 9.97 Å². The molecule has 1 fully saturated rings. The van der Waals surface area contributed by atoms with Crippen molar-refractivity contribution in [1.82, 2.24) is 19.1 Å². The van der Waals surface area contributed by atoms with Crippen molar-refractivity contribution in [1.29, 1.82) is 5.26 Å². The molecule has 8 nitrogen and oxygen atoms in total. The molecule has 3 aromatic carbocycles. The highest BCUT2D eigenvalue weighted by atomic mass is 19.1. The van der Waals surface area contributed by atoms with Crippen LogP contribution in [-0.4, -0.2) is 42.9 Å². The van der Waals surface area contributed by atoms with Gasteiger partial charge in [0.2, 0.25) is 0 Å². The molecule has 11 heteroatoms. The van der Waals surface area contributed by atoms with Gasteiger partial charge in [0.05, 0.1) is 58.7 Å². The van der Waals surface area contributed by atoms with Crippen LogP contribution in [0.1, 0.15) is 39.0 Å². The van der Waals surface area contributed by atoms with Crippen LogP contribution in [0, 0.1) is 42.6 Å². The number of hydrogen-bond acceptors (Lipinski definition) is 5. The Morgan fingerprint density at radius 3 is 2.43 bits per heavy atom. The molecule has 1 N–H and O–H groups in total. The summed E-state index contributed by atoms with van der Waals surface area (Å²) in [7, 11) is 0. The van der Waals surface area contributed by atoms with E-state index in [4.69, 9.17) is 10.00 Å². The summed E-state index contributed by atoms with van der Waals surface area (Å²) >= 11 is 0. The highest BCUT2D eigenvalue weighted by molar-refractivity contribution is 5.97. The lowest BCUT2D eigenvalue weighted by atomic mass is 10.0. The highest BCUT2D eigenvalue weighted by Gasteiger charge is 2.28. The molecule has 0 bridgehead atoms. The number of nitrogens with zero attached hydrogens (tertiary/aromatic N) is 5. The Kier molecular flexibility index (Phi) is 7.09. The summed E-state index contributed by atoms with van der Waals surface area (Å²) in [6.07, 6.45) is 2.31. The number of carboxylic acid groups (broad SMARTS) is 1. The minimum absolute atomic E-state index is 0.0406. The van der Waals surface area contributed by atoms with Crippen molar-refractivity contribution >= 4 is 28.0 Å². The van der Waals surface area contributed by atoms with Crippen LogP contribution in [0.5, 0.6) is 0 Å². The molecule has 1 aliphatic rings. The molecular formula is C35H26F3N5O3. The number of aryl methyl sites for hydroxylation is 1. The van der Waals surface area contributed by atoms with Gasteiger partial charge >= 0.3 is 5.97 Å². The summed E-state index contributed by atoms with van der Waals surface area (Å²) in [6, 6.07) is 15.3. The predicted molar refractivity (Wildman–Crippen MR) is 165 cm³/mol. The van der Waals surface area contributed by atoms with E-state index in [9.17, 15) is 14.3 Å². The molecule has 4 heterocycles. The van der Waals surface area contributed by atoms with E-state index < -0.39 is 23.4 Å². The summed E-state index contributed by atoms with van der Waals surface area (Å²) in [6.45, 7) is 4.40. The van der Waals surface area contributed by atoms with Gasteiger partial charge in [-0.15, -0.1) is 0 Å². The number of aromatic carboxylic acids is 1. The van der Waals surface area contributed by atoms with Gasteiger partial charge in [-0.05, 0) is 79.9 Å². The van der Waals surface area contributed by atoms with E-state index in [0.717, 1.165) is 11.8 Å². The van der Waals surface area contributed by atoms with E-state index in [1.165, 1.54) is 30.3 Å². The lowest BCUT2D eigenvalue weighted by Gasteiger charge is -2.27. The smallest absolute Gasteiger partial charge is 0.336 e. The summed E-state index contributed by atoms with van der Waals surface area (Å²) in [5.74, 6) is -3.29. The molecule has 230 valence electrons. The predicted octanol–water partition coefficient (Wildman–Crippen LogP) is 7.16. The van der Waals surface area contributed by atoms with E-state index in [1.54, 1.807) is 47.4 Å². The summed E-state index contributed by atoms with van der Waals surface area (Å²) in [5.41, 5.74) is 3.40. The van der Waals surface area contributed by atoms with Crippen LogP contribution in [0.25, 0.3) is 44.7 Å². The minimum Gasteiger partial charge on any atom is -0.478 e. The Labute approximate surface area is 260 Å². The van der Waals surface area contributed by atoms with Gasteiger partial charge in [0, 0.05) is 29.3 Å². The van der Waals surface area contributed by atoms with Crippen molar-refractivity contribution in [2.75, 3.05) is 6.61 Å². The number of ether oxygens (including phenoxy) is 1. The second kappa shape index (κ2) is 11.2. The monoisotopic (exact) mass is 621 g/mol. The first-order chi connectivity index (χ1) is 22.1. The fourth-order valence-electron chi connectivity index (χ4n) is 5.95. The maximum Gasteiger partial charge on any atom is 0.336 e. The van der Waals surface area contributed by atoms with Gasteiger partial charge in [-0.1, -0.05) is 6.07 Å². The van der Waals surface area contributed by atoms with Gasteiger partial charge in [-0.25, -0.2) is 27.9 Å². The topological polar surface area (TPSA) is 106 Å². The fraction of sp³-hybridized carbons (Fsp3) is 0.200. The number of rotatable bonds is 7. The molecule has 0 unspecified atom stereocenters. The first-order valence-electron chi connectivity index (χ1n) is 14.6. The molecule has 46 heavy (non-hydrogen) atoms. The first kappa shape index (κ1) is 29.3. The summed E-state index contributed by atoms with van der Waals surface area (Å²) in [4.78, 5) is 21.3. The third-order valence-electron chi connectivity index (χ3n) is 8.72. The van der Waals surface area contributed by atoms with Gasteiger partial charge in [-0.2, -0.15) is 5.26 Å². The zero-order valence-electron chi connectivity index (χ0n) is 24.8. The van der Waals surface area contributed by atoms with Gasteiger partial charge < -0.3 is 19.0 Å². The minimum atomic E-state index is -1.10. The number of fused-ring (bicyclic) bond motifs is 2. The number of aromatic nitrogens is 4. The number of carboxylic acids is 1. The number of pyridine rings is 1. The van der Waals surface area contributed by atoms with Crippen molar-refractivity contribution in [2.45, 2.75) is 39.5 Å². The molecule has 0 spiro atoms. The number of hydrogen-bond donors (Lipinski definition) is 1. The highest BCUT2D eigenvalue weighted by Crippen LogP contribution is 2.36. The van der Waals surface area contributed by atoms with Crippen LogP contribution in [-0.2, 0) is 17.8 Å². The largest absolute Gasteiger partial charge is 0.478 e. The van der Waals surface area contributed by atoms with Crippen molar-refractivity contribution in [2.24, 2.45) is 0 Å². The number of nitriles is 1. The van der Waals surface area contributed by atoms with Crippen LogP contribution in [0.15, 0.2) is 60.8 Å². The van der Waals surface area contributed by atoms with Crippen LogP contribution < -0.4 is 0 Å². The van der Waals surface area contributed by atoms with Crippen molar-refractivity contribution in [3.05, 3.63) is 106 Å². The third-order valence-corrected chi connectivity index (χ3v) is 8.72. The fourth-order valence-corrected chi connectivity index (χ4v) is 5.95. The van der Waals surface area contributed by atoms with Crippen molar-refractivity contribution in [3.8, 4) is 28.7 Å². The molecule has 0 aliphatic carbocycles. The average molecular weight is 622 g/mol. The second-order valence-corrected chi connectivity index (χ2v) is 11.5. The first-order valence-corrected chi connectivity index (χ1v) is 14.6. The summed E-state index contributed by atoms with van der Waals surface area (Å²) < 4.78 is 55.6. The molecule has 1 saturated heterocycles. The standard InChI is InChI=1S/C35H26F3N5O3/c1-18-19(2)32-30(14-25(18)35(44)45)43(17-24-8-10-46-24)34(41-32)31-27(37)12-23(13-28(31)38)29-6-5-21-7-9-42(33(21)40-29)16-22-4-3-20(15-39)11-26(22)36/h3-7,9,11-14,24H,8,10,16-17H2,1-2H3,(H,44,45)/t24-/m0/s1. The summed E-state index contributed by atoms with van der Waals surface area (Å²) in [5, 5.41) is 19.6. The molecule has 0 amide bonds. The van der Waals surface area contributed by atoms with E-state index >= 15 is 8.78 Å². The van der Waals surface area contributed by atoms with E-state index in [-0.39, 0.29) is 47.3 Å². The number of benzene rings is 3. The third kappa shape index (κ3) is 4.87. The van der Waals surface area contributed by atoms with Crippen LogP contribution in [0.3, 0.4) is 0 Å². The number of imidazole rings is 1. The van der Waals surface area contributed by atoms with E-state index in [1.807, 2.05) is 12.1 Å². The second-order valence-electron chi connectivity index (χ2n) is 11.5. The Morgan fingerprint density at radius 2 is 1.78 bits per heavy atom. The zero-order valence-corrected chi connectivity index (χ0v) is 24.8. The lowest BCUT2D eigenvalue weighted by Crippen LogP contribution is -2.31. The SMILES string of the molecule is Cc1c(C(=O)O)cc2c(nc(-c3c(F)cc(-c4ccc5ccn(Cc6ccc(C#N)cc6F)c5n4)cc3F)n2C[C@@H]2CCO2)c1C. The van der Waals surface area contributed by atoms with Crippen molar-refractivity contribution < 1.29 is 27.8 Å². The molecule has 3 aromatic heterocycles. The Morgan fingerprint density at radius 1 is 1.02 bits per heavy atom.